The zero-order valence-electron chi connectivity index (χ0n) is 14.2. The number of hydrogen-bond acceptors (Lipinski definition) is 3. The standard InChI is InChI=1S/C19H27N3O2/c23-18(16-4-2-1-3-5-16)21-14-15-6-8-17(9-7-15)19(24)22-12-10-20-11-13-22/h6-9,16,20H,1-5,10-14H2,(H,21,23). The van der Waals surface area contributed by atoms with Gasteiger partial charge in [0, 0.05) is 44.2 Å². The van der Waals surface area contributed by atoms with Crippen LogP contribution in [-0.4, -0.2) is 42.9 Å². The fourth-order valence-corrected chi connectivity index (χ4v) is 3.51. The first-order valence-electron chi connectivity index (χ1n) is 9.11. The average molecular weight is 329 g/mol. The van der Waals surface area contributed by atoms with Gasteiger partial charge in [-0.25, -0.2) is 0 Å². The molecule has 1 saturated heterocycles. The van der Waals surface area contributed by atoms with Crippen molar-refractivity contribution in [1.82, 2.24) is 15.5 Å². The Morgan fingerprint density at radius 1 is 1.04 bits per heavy atom. The number of carbonyl (C=O) groups excluding carboxylic acids is 2. The summed E-state index contributed by atoms with van der Waals surface area (Å²) in [6.45, 7) is 3.78. The third-order valence-corrected chi connectivity index (χ3v) is 5.05. The normalized spacial score (nSPS) is 19.1. The molecule has 0 spiro atoms. The zero-order chi connectivity index (χ0) is 16.8. The topological polar surface area (TPSA) is 61.4 Å². The van der Waals surface area contributed by atoms with Crippen molar-refractivity contribution in [3.8, 4) is 0 Å². The summed E-state index contributed by atoms with van der Waals surface area (Å²) in [5, 5.41) is 6.29. The molecule has 2 amide bonds. The third-order valence-electron chi connectivity index (χ3n) is 5.05. The van der Waals surface area contributed by atoms with E-state index in [0.717, 1.165) is 50.1 Å². The van der Waals surface area contributed by atoms with E-state index in [2.05, 4.69) is 10.6 Å². The summed E-state index contributed by atoms with van der Waals surface area (Å²) in [5.74, 6) is 0.456. The maximum atomic E-state index is 12.4. The second kappa shape index (κ2) is 8.29. The Balaban J connectivity index is 1.50. The molecule has 0 atom stereocenters. The third kappa shape index (κ3) is 4.35. The fourth-order valence-electron chi connectivity index (χ4n) is 3.51. The Hall–Kier alpha value is -1.88. The van der Waals surface area contributed by atoms with Crippen LogP contribution in [-0.2, 0) is 11.3 Å². The van der Waals surface area contributed by atoms with Crippen LogP contribution in [0.5, 0.6) is 0 Å². The van der Waals surface area contributed by atoms with Crippen LogP contribution in [0, 0.1) is 5.92 Å². The molecule has 1 aromatic carbocycles. The second-order valence-corrected chi connectivity index (χ2v) is 6.79. The number of carbonyl (C=O) groups is 2. The highest BCUT2D eigenvalue weighted by atomic mass is 16.2. The molecule has 2 fully saturated rings. The Bertz CT molecular complexity index is 558. The van der Waals surface area contributed by atoms with E-state index in [1.807, 2.05) is 29.2 Å². The summed E-state index contributed by atoms with van der Waals surface area (Å²) in [6.07, 6.45) is 5.63. The van der Waals surface area contributed by atoms with Crippen molar-refractivity contribution in [3.63, 3.8) is 0 Å². The molecule has 1 saturated carbocycles. The van der Waals surface area contributed by atoms with E-state index in [9.17, 15) is 9.59 Å². The average Bonchev–Trinajstić information content (AvgIpc) is 2.67. The van der Waals surface area contributed by atoms with Gasteiger partial charge in [-0.15, -0.1) is 0 Å². The maximum Gasteiger partial charge on any atom is 0.253 e. The Kier molecular flexibility index (Phi) is 5.86. The van der Waals surface area contributed by atoms with Gasteiger partial charge in [-0.1, -0.05) is 31.4 Å². The van der Waals surface area contributed by atoms with Gasteiger partial charge in [0.05, 0.1) is 0 Å². The van der Waals surface area contributed by atoms with Gasteiger partial charge >= 0.3 is 0 Å². The molecule has 1 aromatic rings. The molecule has 2 aliphatic rings. The lowest BCUT2D eigenvalue weighted by Crippen LogP contribution is -2.46. The molecule has 5 nitrogen and oxygen atoms in total. The van der Waals surface area contributed by atoms with Crippen molar-refractivity contribution in [3.05, 3.63) is 35.4 Å². The van der Waals surface area contributed by atoms with Gasteiger partial charge in [-0.3, -0.25) is 9.59 Å². The van der Waals surface area contributed by atoms with Crippen molar-refractivity contribution in [2.24, 2.45) is 5.92 Å². The maximum absolute atomic E-state index is 12.4. The molecule has 0 aromatic heterocycles. The van der Waals surface area contributed by atoms with Crippen molar-refractivity contribution >= 4 is 11.8 Å². The number of benzene rings is 1. The Morgan fingerprint density at radius 2 is 1.71 bits per heavy atom. The van der Waals surface area contributed by atoms with Gasteiger partial charge in [0.25, 0.3) is 5.91 Å². The Labute approximate surface area is 143 Å². The fraction of sp³-hybridized carbons (Fsp3) is 0.579. The van der Waals surface area contributed by atoms with Gasteiger partial charge in [0.1, 0.15) is 0 Å². The van der Waals surface area contributed by atoms with E-state index >= 15 is 0 Å². The second-order valence-electron chi connectivity index (χ2n) is 6.79. The van der Waals surface area contributed by atoms with Crippen LogP contribution in [0.3, 0.4) is 0 Å². The van der Waals surface area contributed by atoms with E-state index in [4.69, 9.17) is 0 Å². The highest BCUT2D eigenvalue weighted by Gasteiger charge is 2.21. The number of amides is 2. The van der Waals surface area contributed by atoms with Crippen LogP contribution in [0.2, 0.25) is 0 Å². The first kappa shape index (κ1) is 17.0. The summed E-state index contributed by atoms with van der Waals surface area (Å²) in [6, 6.07) is 7.62. The summed E-state index contributed by atoms with van der Waals surface area (Å²) in [7, 11) is 0. The summed E-state index contributed by atoms with van der Waals surface area (Å²) in [4.78, 5) is 26.5. The molecule has 1 heterocycles. The van der Waals surface area contributed by atoms with Gasteiger partial charge in [-0.05, 0) is 30.5 Å². The molecule has 130 valence electrons. The minimum absolute atomic E-state index is 0.0919. The molecule has 0 unspecified atom stereocenters. The number of rotatable bonds is 4. The summed E-state index contributed by atoms with van der Waals surface area (Å²) < 4.78 is 0. The highest BCUT2D eigenvalue weighted by molar-refractivity contribution is 5.94. The van der Waals surface area contributed by atoms with Crippen LogP contribution < -0.4 is 10.6 Å². The quantitative estimate of drug-likeness (QED) is 0.887. The molecule has 0 bridgehead atoms. The molecule has 5 heteroatoms. The highest BCUT2D eigenvalue weighted by Crippen LogP contribution is 2.23. The van der Waals surface area contributed by atoms with E-state index in [0.29, 0.717) is 6.54 Å². The summed E-state index contributed by atoms with van der Waals surface area (Å²) in [5.41, 5.74) is 1.76. The monoisotopic (exact) mass is 329 g/mol. The first-order chi connectivity index (χ1) is 11.7. The van der Waals surface area contributed by atoms with E-state index in [-0.39, 0.29) is 17.7 Å². The number of nitrogens with zero attached hydrogens (tertiary/aromatic N) is 1. The van der Waals surface area contributed by atoms with Crippen molar-refractivity contribution in [1.29, 1.82) is 0 Å². The van der Waals surface area contributed by atoms with Crippen molar-refractivity contribution in [2.75, 3.05) is 26.2 Å². The van der Waals surface area contributed by atoms with Crippen LogP contribution in [0.4, 0.5) is 0 Å². The van der Waals surface area contributed by atoms with Crippen LogP contribution in [0.25, 0.3) is 0 Å². The van der Waals surface area contributed by atoms with Crippen LogP contribution in [0.1, 0.15) is 48.0 Å². The Morgan fingerprint density at radius 3 is 2.38 bits per heavy atom. The molecular weight excluding hydrogens is 302 g/mol. The van der Waals surface area contributed by atoms with Crippen LogP contribution in [0.15, 0.2) is 24.3 Å². The molecule has 1 aliphatic heterocycles. The smallest absolute Gasteiger partial charge is 0.253 e. The number of piperazine rings is 1. The predicted octanol–water partition coefficient (Wildman–Crippen LogP) is 1.93. The van der Waals surface area contributed by atoms with E-state index in [1.54, 1.807) is 0 Å². The lowest BCUT2D eigenvalue weighted by Gasteiger charge is -2.27. The van der Waals surface area contributed by atoms with Crippen molar-refractivity contribution < 1.29 is 9.59 Å². The lowest BCUT2D eigenvalue weighted by molar-refractivity contribution is -0.126. The minimum Gasteiger partial charge on any atom is -0.352 e. The van der Waals surface area contributed by atoms with Crippen molar-refractivity contribution in [2.45, 2.75) is 38.6 Å². The number of hydrogen-bond donors (Lipinski definition) is 2. The van der Waals surface area contributed by atoms with E-state index < -0.39 is 0 Å². The zero-order valence-corrected chi connectivity index (χ0v) is 14.2. The van der Waals surface area contributed by atoms with Crippen LogP contribution >= 0.6 is 0 Å². The molecule has 2 N–H and O–H groups in total. The van der Waals surface area contributed by atoms with Gasteiger partial charge < -0.3 is 15.5 Å². The molecule has 0 radical (unpaired) electrons. The molecular formula is C19H27N3O2. The minimum atomic E-state index is 0.0919. The predicted molar refractivity (Wildman–Crippen MR) is 93.6 cm³/mol. The molecule has 24 heavy (non-hydrogen) atoms. The lowest BCUT2D eigenvalue weighted by atomic mass is 9.88. The first-order valence-corrected chi connectivity index (χ1v) is 9.11. The number of nitrogens with one attached hydrogen (secondary N) is 2. The summed E-state index contributed by atoms with van der Waals surface area (Å²) >= 11 is 0. The van der Waals surface area contributed by atoms with Gasteiger partial charge in [-0.2, -0.15) is 0 Å². The SMILES string of the molecule is O=C(NCc1ccc(C(=O)N2CCNCC2)cc1)C1CCCCC1. The largest absolute Gasteiger partial charge is 0.352 e. The van der Waals surface area contributed by atoms with E-state index in [1.165, 1.54) is 19.3 Å². The van der Waals surface area contributed by atoms with Gasteiger partial charge in [0.15, 0.2) is 0 Å². The van der Waals surface area contributed by atoms with Gasteiger partial charge in [0.2, 0.25) is 5.91 Å². The molecule has 1 aliphatic carbocycles. The molecule has 3 rings (SSSR count).